The maximum atomic E-state index is 13.1. The van der Waals surface area contributed by atoms with Crippen LogP contribution in [0.4, 0.5) is 0 Å². The van der Waals surface area contributed by atoms with Crippen LogP contribution in [0.3, 0.4) is 0 Å². The Bertz CT molecular complexity index is 595. The number of esters is 1. The van der Waals surface area contributed by atoms with E-state index < -0.39 is 32.7 Å². The van der Waals surface area contributed by atoms with Crippen LogP contribution in [0.5, 0.6) is 0 Å². The van der Waals surface area contributed by atoms with Crippen molar-refractivity contribution in [2.45, 2.75) is 136 Å². The zero-order chi connectivity index (χ0) is 22.7. The van der Waals surface area contributed by atoms with E-state index in [0.29, 0.717) is 6.42 Å². The molecule has 1 saturated heterocycles. The van der Waals surface area contributed by atoms with E-state index in [2.05, 4.69) is 11.6 Å². The zero-order valence-electron chi connectivity index (χ0n) is 20.5. The van der Waals surface area contributed by atoms with Gasteiger partial charge >= 0.3 is 5.97 Å². The molecule has 0 aromatic rings. The minimum absolute atomic E-state index is 0.384. The minimum Gasteiger partial charge on any atom is -0.431 e. The number of hydrogen-bond donors (Lipinski definition) is 1. The third-order valence-electron chi connectivity index (χ3n) is 6.40. The van der Waals surface area contributed by atoms with Gasteiger partial charge < -0.3 is 9.47 Å². The summed E-state index contributed by atoms with van der Waals surface area (Å²) in [6, 6.07) is 0. The topological polar surface area (TPSA) is 64.6 Å². The molecule has 0 spiro atoms. The van der Waals surface area contributed by atoms with Crippen molar-refractivity contribution in [3.63, 3.8) is 0 Å². The SMILES string of the molecule is CCCCCCCC[C@@](C)(N[S@](=O)C(C)(C)C)[C@@]1(C)O[C@](C)(C(C)(C)C)OC1=O. The van der Waals surface area contributed by atoms with Crippen LogP contribution in [-0.4, -0.2) is 31.9 Å². The highest BCUT2D eigenvalue weighted by molar-refractivity contribution is 7.84. The van der Waals surface area contributed by atoms with Crippen LogP contribution in [0.1, 0.15) is 114 Å². The van der Waals surface area contributed by atoms with E-state index in [1.807, 2.05) is 55.4 Å². The van der Waals surface area contributed by atoms with Gasteiger partial charge in [0.25, 0.3) is 0 Å². The number of carbonyl (C=O) groups is 1. The van der Waals surface area contributed by atoms with Gasteiger partial charge in [0.15, 0.2) is 5.60 Å². The second kappa shape index (κ2) is 9.35. The van der Waals surface area contributed by atoms with E-state index in [4.69, 9.17) is 9.47 Å². The number of carbonyl (C=O) groups excluding carboxylic acids is 1. The molecule has 0 amide bonds. The van der Waals surface area contributed by atoms with Crippen LogP contribution in [0, 0.1) is 5.41 Å². The van der Waals surface area contributed by atoms with Gasteiger partial charge in [-0.1, -0.05) is 66.2 Å². The Morgan fingerprint density at radius 1 is 0.931 bits per heavy atom. The number of hydrogen-bond acceptors (Lipinski definition) is 4. The lowest BCUT2D eigenvalue weighted by Gasteiger charge is -2.44. The summed E-state index contributed by atoms with van der Waals surface area (Å²) in [4.78, 5) is 13.1. The molecule has 0 saturated carbocycles. The summed E-state index contributed by atoms with van der Waals surface area (Å²) in [5.41, 5.74) is -2.42. The molecule has 0 radical (unpaired) electrons. The summed E-state index contributed by atoms with van der Waals surface area (Å²) < 4.78 is 28.1. The van der Waals surface area contributed by atoms with Gasteiger partial charge in [0.05, 0.1) is 21.3 Å². The zero-order valence-corrected chi connectivity index (χ0v) is 21.3. The Hall–Kier alpha value is -0.460. The predicted molar refractivity (Wildman–Crippen MR) is 121 cm³/mol. The van der Waals surface area contributed by atoms with Crippen molar-refractivity contribution >= 4 is 17.0 Å². The summed E-state index contributed by atoms with van der Waals surface area (Å²) >= 11 is 0. The summed E-state index contributed by atoms with van der Waals surface area (Å²) in [6.07, 6.45) is 7.58. The highest BCUT2D eigenvalue weighted by atomic mass is 32.2. The average molecular weight is 432 g/mol. The molecule has 0 aromatic heterocycles. The van der Waals surface area contributed by atoms with Crippen molar-refractivity contribution in [1.29, 1.82) is 0 Å². The lowest BCUT2D eigenvalue weighted by Crippen LogP contribution is -2.65. The molecule has 1 rings (SSSR count). The van der Waals surface area contributed by atoms with Crippen LogP contribution in [0.2, 0.25) is 0 Å². The molecule has 5 nitrogen and oxygen atoms in total. The molecular formula is C23H45NO4S. The van der Waals surface area contributed by atoms with Crippen molar-refractivity contribution in [3.05, 3.63) is 0 Å². The lowest BCUT2D eigenvalue weighted by atomic mass is 9.79. The van der Waals surface area contributed by atoms with Crippen LogP contribution in [0.25, 0.3) is 0 Å². The van der Waals surface area contributed by atoms with Gasteiger partial charge in [0.1, 0.15) is 0 Å². The van der Waals surface area contributed by atoms with E-state index in [0.717, 1.165) is 12.8 Å². The van der Waals surface area contributed by atoms with Crippen molar-refractivity contribution in [1.82, 2.24) is 4.72 Å². The van der Waals surface area contributed by atoms with Gasteiger partial charge in [-0.25, -0.2) is 13.7 Å². The summed E-state index contributed by atoms with van der Waals surface area (Å²) in [7, 11) is -1.34. The molecule has 1 aliphatic heterocycles. The lowest BCUT2D eigenvalue weighted by molar-refractivity contribution is -0.238. The van der Waals surface area contributed by atoms with E-state index in [1.165, 1.54) is 25.7 Å². The maximum Gasteiger partial charge on any atom is 0.342 e. The van der Waals surface area contributed by atoms with Gasteiger partial charge in [-0.15, -0.1) is 0 Å². The van der Waals surface area contributed by atoms with Gasteiger partial charge in [0, 0.05) is 12.3 Å². The molecule has 1 aliphatic rings. The smallest absolute Gasteiger partial charge is 0.342 e. The van der Waals surface area contributed by atoms with Gasteiger partial charge in [-0.05, 0) is 41.0 Å². The molecule has 0 unspecified atom stereocenters. The standard InChI is InChI=1S/C23H45NO4S/c1-11-12-13-14-15-16-17-21(8,24-29(26)20(5,6)7)22(9)18(25)27-23(10,28-22)19(2,3)4/h24H,11-17H2,1-10H3/t21-,22+,23-,29-/m1/s1. The molecule has 4 atom stereocenters. The van der Waals surface area contributed by atoms with Crippen molar-refractivity contribution in [2.75, 3.05) is 0 Å². The Kier molecular flexibility index (Phi) is 8.57. The normalized spacial score (nSPS) is 28.8. The molecule has 0 aliphatic carbocycles. The Morgan fingerprint density at radius 3 is 1.90 bits per heavy atom. The van der Waals surface area contributed by atoms with Gasteiger partial charge in [0.2, 0.25) is 5.79 Å². The molecule has 6 heteroatoms. The first kappa shape index (κ1) is 26.6. The number of ether oxygens (including phenoxy) is 2. The Balaban J connectivity index is 3.12. The number of cyclic esters (lactones) is 1. The van der Waals surface area contributed by atoms with Crippen LogP contribution >= 0.6 is 0 Å². The quantitative estimate of drug-likeness (QED) is 0.359. The fourth-order valence-electron chi connectivity index (χ4n) is 3.37. The fourth-order valence-corrected chi connectivity index (χ4v) is 4.39. The van der Waals surface area contributed by atoms with Crippen molar-refractivity contribution in [3.8, 4) is 0 Å². The Labute approximate surface area is 181 Å². The molecule has 0 bridgehead atoms. The predicted octanol–water partition coefficient (Wildman–Crippen LogP) is 5.64. The summed E-state index contributed by atoms with van der Waals surface area (Å²) in [5, 5.41) is 0. The highest BCUT2D eigenvalue weighted by Crippen LogP contribution is 2.48. The summed E-state index contributed by atoms with van der Waals surface area (Å²) in [5.74, 6) is -1.42. The van der Waals surface area contributed by atoms with E-state index in [-0.39, 0.29) is 11.4 Å². The van der Waals surface area contributed by atoms with E-state index in [9.17, 15) is 9.00 Å². The third-order valence-corrected chi connectivity index (χ3v) is 8.14. The number of nitrogens with one attached hydrogen (secondary N) is 1. The molecule has 1 fully saturated rings. The van der Waals surface area contributed by atoms with E-state index >= 15 is 0 Å². The maximum absolute atomic E-state index is 13.1. The third kappa shape index (κ3) is 6.04. The fraction of sp³-hybridized carbons (Fsp3) is 0.957. The first-order valence-corrected chi connectivity index (χ1v) is 12.3. The van der Waals surface area contributed by atoms with Gasteiger partial charge in [-0.3, -0.25) is 0 Å². The van der Waals surface area contributed by atoms with Crippen LogP contribution in [-0.2, 0) is 25.3 Å². The van der Waals surface area contributed by atoms with Gasteiger partial charge in [-0.2, -0.15) is 0 Å². The Morgan fingerprint density at radius 2 is 1.45 bits per heavy atom. The highest BCUT2D eigenvalue weighted by Gasteiger charge is 2.65. The van der Waals surface area contributed by atoms with E-state index in [1.54, 1.807) is 6.92 Å². The second-order valence-electron chi connectivity index (χ2n) is 11.1. The molecule has 29 heavy (non-hydrogen) atoms. The van der Waals surface area contributed by atoms with Crippen molar-refractivity contribution in [2.24, 2.45) is 5.41 Å². The first-order valence-electron chi connectivity index (χ1n) is 11.2. The average Bonchev–Trinajstić information content (AvgIpc) is 2.81. The monoisotopic (exact) mass is 431 g/mol. The first-order chi connectivity index (χ1) is 13.0. The van der Waals surface area contributed by atoms with Crippen LogP contribution in [0.15, 0.2) is 0 Å². The minimum atomic E-state index is -1.34. The van der Waals surface area contributed by atoms with Crippen LogP contribution < -0.4 is 4.72 Å². The molecular weight excluding hydrogens is 386 g/mol. The largest absolute Gasteiger partial charge is 0.431 e. The molecule has 0 aromatic carbocycles. The number of rotatable bonds is 10. The van der Waals surface area contributed by atoms with Crippen molar-refractivity contribution < 1.29 is 18.5 Å². The second-order valence-corrected chi connectivity index (χ2v) is 13.0. The molecule has 1 heterocycles. The number of unbranched alkanes of at least 4 members (excludes halogenated alkanes) is 5. The molecule has 172 valence electrons. The summed E-state index contributed by atoms with van der Waals surface area (Å²) in [6.45, 7) is 19.5. The molecule has 1 N–H and O–H groups in total.